The van der Waals surface area contributed by atoms with Crippen LogP contribution in [0.3, 0.4) is 0 Å². The number of likely N-dealkylation sites (N-methyl/N-ethyl adjacent to an activating group) is 1. The van der Waals surface area contributed by atoms with Gasteiger partial charge < -0.3 is 14.5 Å². The number of dihydropyridines is 1. The van der Waals surface area contributed by atoms with E-state index in [0.29, 0.717) is 27.2 Å². The zero-order valence-electron chi connectivity index (χ0n) is 26.3. The fourth-order valence-electron chi connectivity index (χ4n) is 7.09. The molecule has 0 bridgehead atoms. The Kier molecular flexibility index (Phi) is 9.58. The molecule has 2 fully saturated rings. The number of alkyl halides is 1. The van der Waals surface area contributed by atoms with Crippen molar-refractivity contribution in [1.29, 1.82) is 10.5 Å². The van der Waals surface area contributed by atoms with Crippen LogP contribution in [0.25, 0.3) is 16.5 Å². The maximum absolute atomic E-state index is 16.9. The van der Waals surface area contributed by atoms with Crippen molar-refractivity contribution in [2.24, 2.45) is 15.9 Å². The number of nitrogens with zero attached hydrogens (tertiary/aromatic N) is 7. The molecule has 0 radical (unpaired) electrons. The molecule has 0 spiro atoms. The molecule has 4 aliphatic rings. The van der Waals surface area contributed by atoms with Crippen LogP contribution in [0.2, 0.25) is 5.02 Å². The molecule has 6 rings (SSSR count). The Bertz CT molecular complexity index is 1860. The van der Waals surface area contributed by atoms with Crippen molar-refractivity contribution in [3.05, 3.63) is 76.5 Å². The normalized spacial score (nSPS) is 25.9. The van der Waals surface area contributed by atoms with E-state index in [0.717, 1.165) is 5.39 Å². The van der Waals surface area contributed by atoms with Crippen LogP contribution < -0.4 is 0 Å². The minimum absolute atomic E-state index is 0.0577. The van der Waals surface area contributed by atoms with Crippen molar-refractivity contribution in [1.82, 2.24) is 14.7 Å². The van der Waals surface area contributed by atoms with Crippen molar-refractivity contribution >= 4 is 46.1 Å². The number of hydrogen-bond acceptors (Lipinski definition) is 8. The summed E-state index contributed by atoms with van der Waals surface area (Å²) >= 11 is 6.59. The molecular formula is C35H33ClF3N7O2. The lowest BCUT2D eigenvalue weighted by Crippen LogP contribution is -2.56. The number of ether oxygens (including phenoxy) is 1. The Hall–Kier alpha value is -4.65. The Morgan fingerprint density at radius 2 is 1.92 bits per heavy atom. The molecule has 48 heavy (non-hydrogen) atoms. The van der Waals surface area contributed by atoms with E-state index in [4.69, 9.17) is 21.3 Å². The maximum atomic E-state index is 16.9. The van der Waals surface area contributed by atoms with Gasteiger partial charge in [-0.1, -0.05) is 48.5 Å². The van der Waals surface area contributed by atoms with Crippen molar-refractivity contribution in [3.8, 4) is 12.1 Å². The quantitative estimate of drug-likeness (QED) is 0.346. The third-order valence-corrected chi connectivity index (χ3v) is 9.70. The zero-order valence-corrected chi connectivity index (χ0v) is 27.0. The van der Waals surface area contributed by atoms with Gasteiger partial charge in [0.05, 0.1) is 36.9 Å². The summed E-state index contributed by atoms with van der Waals surface area (Å²) in [7, 11) is 1.80. The van der Waals surface area contributed by atoms with Crippen LogP contribution in [-0.2, 0) is 9.53 Å². The fourth-order valence-corrected chi connectivity index (χ4v) is 7.37. The molecule has 9 nitrogen and oxygen atoms in total. The first-order valence-electron chi connectivity index (χ1n) is 15.7. The molecule has 0 saturated carbocycles. The van der Waals surface area contributed by atoms with E-state index < -0.39 is 41.7 Å². The Morgan fingerprint density at radius 3 is 2.60 bits per heavy atom. The lowest BCUT2D eigenvalue weighted by atomic mass is 9.84. The highest BCUT2D eigenvalue weighted by molar-refractivity contribution is 6.36. The highest BCUT2D eigenvalue weighted by atomic mass is 35.5. The topological polar surface area (TPSA) is 108 Å². The van der Waals surface area contributed by atoms with E-state index in [-0.39, 0.29) is 69.7 Å². The molecule has 0 aromatic heterocycles. The Labute approximate surface area is 281 Å². The number of halogens is 4. The summed E-state index contributed by atoms with van der Waals surface area (Å²) in [5.41, 5.74) is 1.50. The first kappa shape index (κ1) is 33.3. The first-order chi connectivity index (χ1) is 23.1. The van der Waals surface area contributed by atoms with Gasteiger partial charge in [0, 0.05) is 65.7 Å². The van der Waals surface area contributed by atoms with Gasteiger partial charge >= 0.3 is 0 Å². The maximum Gasteiger partial charge on any atom is 0.282 e. The summed E-state index contributed by atoms with van der Waals surface area (Å²) in [6.07, 6.45) is 0.628. The Balaban J connectivity index is 1.44. The number of fused-ring (bicyclic) bond motifs is 2. The molecule has 0 N–H and O–H groups in total. The summed E-state index contributed by atoms with van der Waals surface area (Å²) in [6.45, 7) is 3.82. The molecule has 4 aliphatic heterocycles. The molecule has 5 atom stereocenters. The molecule has 2 aromatic rings. The van der Waals surface area contributed by atoms with Gasteiger partial charge in [-0.2, -0.15) is 10.5 Å². The van der Waals surface area contributed by atoms with E-state index >= 15 is 4.39 Å². The van der Waals surface area contributed by atoms with Crippen LogP contribution in [0.15, 0.2) is 75.9 Å². The number of amides is 1. The average Bonchev–Trinajstić information content (AvgIpc) is 3.40. The van der Waals surface area contributed by atoms with E-state index in [1.165, 1.54) is 4.90 Å². The third-order valence-electron chi connectivity index (χ3n) is 9.39. The second-order valence-corrected chi connectivity index (χ2v) is 12.7. The minimum Gasteiger partial charge on any atom is -0.476 e. The highest BCUT2D eigenvalue weighted by Gasteiger charge is 2.44. The van der Waals surface area contributed by atoms with Crippen LogP contribution in [-0.4, -0.2) is 96.9 Å². The van der Waals surface area contributed by atoms with Crippen LogP contribution in [0, 0.1) is 28.6 Å². The van der Waals surface area contributed by atoms with Crippen molar-refractivity contribution in [2.75, 3.05) is 39.8 Å². The molecular weight excluding hydrogens is 643 g/mol. The minimum atomic E-state index is -1.13. The average molecular weight is 676 g/mol. The summed E-state index contributed by atoms with van der Waals surface area (Å²) in [5.74, 6) is -3.34. The van der Waals surface area contributed by atoms with Gasteiger partial charge in [-0.15, -0.1) is 0 Å². The molecule has 248 valence electrons. The standard InChI is InChI=1S/C35H33ClF3N7O2/c1-20(37)35(47)46-14-13-45(18-23(46)9-11-40)33-26(10-12-41)34(48-19-24-15-22(38)17-44(24)2)43-32-27(33)16-42-31(30(32)39)25-7-3-5-21-6-4-8-28(36)29(21)25/h3-8,16,22-24,27,32H,1,9-10,13-15,17-19H2,2H3/t22-,23?,24?,27?,32?/m1/s1. The third kappa shape index (κ3) is 6.18. The van der Waals surface area contributed by atoms with Crippen molar-refractivity contribution in [2.45, 2.75) is 43.6 Å². The van der Waals surface area contributed by atoms with Crippen LogP contribution in [0.4, 0.5) is 13.2 Å². The van der Waals surface area contributed by atoms with Gasteiger partial charge in [-0.05, 0) is 24.9 Å². The van der Waals surface area contributed by atoms with Gasteiger partial charge in [0.1, 0.15) is 24.5 Å². The first-order valence-corrected chi connectivity index (χ1v) is 16.0. The predicted molar refractivity (Wildman–Crippen MR) is 177 cm³/mol. The number of nitriles is 2. The largest absolute Gasteiger partial charge is 0.476 e. The lowest BCUT2D eigenvalue weighted by molar-refractivity contribution is -0.133. The monoisotopic (exact) mass is 675 g/mol. The van der Waals surface area contributed by atoms with Gasteiger partial charge in [0.25, 0.3) is 5.91 Å². The van der Waals surface area contributed by atoms with Crippen LogP contribution in [0.1, 0.15) is 24.8 Å². The Morgan fingerprint density at radius 1 is 1.15 bits per heavy atom. The van der Waals surface area contributed by atoms with E-state index in [9.17, 15) is 24.1 Å². The molecule has 2 aromatic carbocycles. The molecule has 1 amide bonds. The molecule has 13 heteroatoms. The number of carbonyl (C=O) groups is 1. The van der Waals surface area contributed by atoms with E-state index in [1.54, 1.807) is 31.5 Å². The number of aliphatic imine (C=N–C) groups is 2. The number of piperazine rings is 1. The van der Waals surface area contributed by atoms with Crippen LogP contribution in [0.5, 0.6) is 0 Å². The summed E-state index contributed by atoms with van der Waals surface area (Å²) in [5, 5.41) is 21.4. The lowest BCUT2D eigenvalue weighted by Gasteiger charge is -2.46. The van der Waals surface area contributed by atoms with Gasteiger partial charge in [0.2, 0.25) is 5.90 Å². The molecule has 2 saturated heterocycles. The molecule has 4 heterocycles. The number of hydrogen-bond donors (Lipinski definition) is 0. The number of benzene rings is 2. The number of carbonyl (C=O) groups excluding carboxylic acids is 1. The van der Waals surface area contributed by atoms with Gasteiger partial charge in [-0.3, -0.25) is 14.7 Å². The summed E-state index contributed by atoms with van der Waals surface area (Å²) < 4.78 is 51.3. The number of likely N-dealkylation sites (tertiary alicyclic amines) is 1. The summed E-state index contributed by atoms with van der Waals surface area (Å²) in [4.78, 5) is 27.0. The van der Waals surface area contributed by atoms with Crippen LogP contribution >= 0.6 is 11.6 Å². The SMILES string of the molecule is C=C(F)C(=O)N1CCN(C2=C(CC#N)C(OCC3C[C@@H](F)CN3C)=NC3C(F)=C(c4cccc5cccc(Cl)c45)N=CC23)CC1CC#N. The summed E-state index contributed by atoms with van der Waals surface area (Å²) in [6, 6.07) is 13.0. The van der Waals surface area contributed by atoms with Gasteiger partial charge in [-0.25, -0.2) is 18.2 Å². The zero-order chi connectivity index (χ0) is 34.1. The number of rotatable bonds is 7. The molecule has 0 aliphatic carbocycles. The second-order valence-electron chi connectivity index (χ2n) is 12.3. The van der Waals surface area contributed by atoms with E-state index in [2.05, 4.69) is 23.7 Å². The highest BCUT2D eigenvalue weighted by Crippen LogP contribution is 2.43. The van der Waals surface area contributed by atoms with E-state index in [1.807, 2.05) is 28.0 Å². The van der Waals surface area contributed by atoms with Gasteiger partial charge in [0.15, 0.2) is 11.7 Å². The van der Waals surface area contributed by atoms with Crippen molar-refractivity contribution in [3.63, 3.8) is 0 Å². The molecule has 4 unspecified atom stereocenters. The smallest absolute Gasteiger partial charge is 0.282 e. The second kappa shape index (κ2) is 13.8. The van der Waals surface area contributed by atoms with Crippen molar-refractivity contribution < 1.29 is 22.7 Å². The predicted octanol–water partition coefficient (Wildman–Crippen LogP) is 5.75. The fraction of sp³-hybridized carbons (Fsp3) is 0.400.